The Balaban J connectivity index is 2.15. The van der Waals surface area contributed by atoms with Gasteiger partial charge in [-0.1, -0.05) is 27.4 Å². The molecule has 0 atom stereocenters. The molecule has 1 N–H and O–H groups in total. The topological polar surface area (TPSA) is 39.7 Å². The summed E-state index contributed by atoms with van der Waals surface area (Å²) in [6.07, 6.45) is 0.921. The van der Waals surface area contributed by atoms with Crippen molar-refractivity contribution in [1.29, 1.82) is 0 Å². The number of hydrogen-bond acceptors (Lipinski definition) is 4. The van der Waals surface area contributed by atoms with E-state index in [1.807, 2.05) is 12.1 Å². The van der Waals surface area contributed by atoms with Crippen molar-refractivity contribution in [1.82, 2.24) is 5.32 Å². The minimum atomic E-state index is 0.275. The highest BCUT2D eigenvalue weighted by Crippen LogP contribution is 2.38. The molecule has 1 aromatic rings. The third-order valence-electron chi connectivity index (χ3n) is 3.19. The Labute approximate surface area is 120 Å². The Kier molecular flexibility index (Phi) is 4.90. The second kappa shape index (κ2) is 6.66. The van der Waals surface area contributed by atoms with Crippen LogP contribution in [0.3, 0.4) is 0 Å². The number of benzene rings is 1. The van der Waals surface area contributed by atoms with Crippen LogP contribution in [-0.4, -0.2) is 19.4 Å². The van der Waals surface area contributed by atoms with Crippen LogP contribution < -0.4 is 19.5 Å². The van der Waals surface area contributed by atoms with Gasteiger partial charge in [0.05, 0.1) is 0 Å². The van der Waals surface area contributed by atoms with Crippen LogP contribution in [0.4, 0.5) is 0 Å². The van der Waals surface area contributed by atoms with Gasteiger partial charge < -0.3 is 19.5 Å². The standard InChI is InChI=1S/C16H23NO3/c1-5-12(4)9-18-14-7-16-15(19-10-20-16)6-13(14)8-17-11(2)3/h6-7,11,17H,4-5,8-10H2,1-3H3. The Hall–Kier alpha value is -1.68. The summed E-state index contributed by atoms with van der Waals surface area (Å²) in [5.41, 5.74) is 2.15. The van der Waals surface area contributed by atoms with Crippen molar-refractivity contribution in [2.24, 2.45) is 0 Å². The molecule has 1 aliphatic rings. The zero-order chi connectivity index (χ0) is 14.5. The molecule has 0 aromatic heterocycles. The number of hydrogen-bond donors (Lipinski definition) is 1. The number of nitrogens with one attached hydrogen (secondary N) is 1. The van der Waals surface area contributed by atoms with Crippen LogP contribution in [-0.2, 0) is 6.54 Å². The molecule has 0 saturated carbocycles. The van der Waals surface area contributed by atoms with E-state index in [0.29, 0.717) is 12.6 Å². The average molecular weight is 277 g/mol. The summed E-state index contributed by atoms with van der Waals surface area (Å²) in [6.45, 7) is 11.8. The summed E-state index contributed by atoms with van der Waals surface area (Å²) in [7, 11) is 0. The van der Waals surface area contributed by atoms with Crippen LogP contribution in [0.1, 0.15) is 32.8 Å². The van der Waals surface area contributed by atoms with Gasteiger partial charge in [0.25, 0.3) is 0 Å². The number of fused-ring (bicyclic) bond motifs is 1. The minimum absolute atomic E-state index is 0.275. The number of ether oxygens (including phenoxy) is 3. The predicted molar refractivity (Wildman–Crippen MR) is 79.5 cm³/mol. The molecule has 20 heavy (non-hydrogen) atoms. The maximum absolute atomic E-state index is 5.87. The van der Waals surface area contributed by atoms with Gasteiger partial charge in [0, 0.05) is 24.2 Å². The van der Waals surface area contributed by atoms with Gasteiger partial charge >= 0.3 is 0 Å². The smallest absolute Gasteiger partial charge is 0.231 e. The number of rotatable bonds is 7. The molecule has 110 valence electrons. The van der Waals surface area contributed by atoms with Crippen LogP contribution >= 0.6 is 0 Å². The Bertz CT molecular complexity index is 483. The SMILES string of the molecule is C=C(CC)COc1cc2c(cc1CNC(C)C)OCO2. The van der Waals surface area contributed by atoms with Gasteiger partial charge in [-0.2, -0.15) is 0 Å². The van der Waals surface area contributed by atoms with Crippen molar-refractivity contribution in [3.63, 3.8) is 0 Å². The van der Waals surface area contributed by atoms with E-state index in [-0.39, 0.29) is 6.79 Å². The maximum atomic E-state index is 5.87. The first-order valence-corrected chi connectivity index (χ1v) is 7.05. The molecule has 1 aromatic carbocycles. The minimum Gasteiger partial charge on any atom is -0.489 e. The van der Waals surface area contributed by atoms with Gasteiger partial charge in [-0.3, -0.25) is 0 Å². The van der Waals surface area contributed by atoms with Crippen molar-refractivity contribution >= 4 is 0 Å². The largest absolute Gasteiger partial charge is 0.489 e. The van der Waals surface area contributed by atoms with Gasteiger partial charge in [0.15, 0.2) is 11.5 Å². The fourth-order valence-electron chi connectivity index (χ4n) is 1.83. The monoisotopic (exact) mass is 277 g/mol. The summed E-state index contributed by atoms with van der Waals surface area (Å²) < 4.78 is 16.7. The zero-order valence-corrected chi connectivity index (χ0v) is 12.5. The molecule has 0 aliphatic carbocycles. The lowest BCUT2D eigenvalue weighted by Crippen LogP contribution is -2.22. The molecule has 0 bridgehead atoms. The van der Waals surface area contributed by atoms with Gasteiger partial charge in [-0.05, 0) is 18.1 Å². The van der Waals surface area contributed by atoms with Crippen molar-refractivity contribution in [2.75, 3.05) is 13.4 Å². The molecule has 1 aliphatic heterocycles. The van der Waals surface area contributed by atoms with Gasteiger partial charge in [0.2, 0.25) is 6.79 Å². The fourth-order valence-corrected chi connectivity index (χ4v) is 1.83. The van der Waals surface area contributed by atoms with Crippen LogP contribution in [0.2, 0.25) is 0 Å². The normalized spacial score (nSPS) is 12.8. The molecule has 0 saturated heterocycles. The lowest BCUT2D eigenvalue weighted by molar-refractivity contribution is 0.173. The fraction of sp³-hybridized carbons (Fsp3) is 0.500. The first kappa shape index (κ1) is 14.7. The first-order chi connectivity index (χ1) is 9.60. The van der Waals surface area contributed by atoms with E-state index in [0.717, 1.165) is 41.4 Å². The molecule has 4 nitrogen and oxygen atoms in total. The molecule has 0 fully saturated rings. The molecule has 2 rings (SSSR count). The summed E-state index contributed by atoms with van der Waals surface area (Å²) in [5.74, 6) is 2.36. The third kappa shape index (κ3) is 3.67. The maximum Gasteiger partial charge on any atom is 0.231 e. The quantitative estimate of drug-likeness (QED) is 0.777. The summed E-state index contributed by atoms with van der Waals surface area (Å²) in [4.78, 5) is 0. The Morgan fingerprint density at radius 1 is 1.35 bits per heavy atom. The highest BCUT2D eigenvalue weighted by Gasteiger charge is 2.18. The van der Waals surface area contributed by atoms with E-state index in [1.165, 1.54) is 0 Å². The molecule has 0 amide bonds. The van der Waals surface area contributed by atoms with Crippen molar-refractivity contribution in [2.45, 2.75) is 39.8 Å². The van der Waals surface area contributed by atoms with E-state index in [2.05, 4.69) is 32.7 Å². The molecule has 0 spiro atoms. The highest BCUT2D eigenvalue weighted by molar-refractivity contribution is 5.52. The van der Waals surface area contributed by atoms with Crippen molar-refractivity contribution < 1.29 is 14.2 Å². The molecular formula is C16H23NO3. The Morgan fingerprint density at radius 3 is 2.70 bits per heavy atom. The molecule has 4 heteroatoms. The van der Waals surface area contributed by atoms with Crippen LogP contribution in [0.15, 0.2) is 24.3 Å². The van der Waals surface area contributed by atoms with Gasteiger partial charge in [-0.25, -0.2) is 0 Å². The van der Waals surface area contributed by atoms with E-state index < -0.39 is 0 Å². The predicted octanol–water partition coefficient (Wildman–Crippen LogP) is 3.26. The second-order valence-electron chi connectivity index (χ2n) is 5.24. The summed E-state index contributed by atoms with van der Waals surface area (Å²) >= 11 is 0. The third-order valence-corrected chi connectivity index (χ3v) is 3.19. The van der Waals surface area contributed by atoms with E-state index >= 15 is 0 Å². The van der Waals surface area contributed by atoms with Crippen molar-refractivity contribution in [3.8, 4) is 17.2 Å². The van der Waals surface area contributed by atoms with Crippen LogP contribution in [0.5, 0.6) is 17.2 Å². The molecule has 0 unspecified atom stereocenters. The lowest BCUT2D eigenvalue weighted by Gasteiger charge is -2.15. The first-order valence-electron chi connectivity index (χ1n) is 7.05. The van der Waals surface area contributed by atoms with Crippen molar-refractivity contribution in [3.05, 3.63) is 29.8 Å². The van der Waals surface area contributed by atoms with E-state index in [4.69, 9.17) is 14.2 Å². The van der Waals surface area contributed by atoms with Crippen LogP contribution in [0, 0.1) is 0 Å². The summed E-state index contributed by atoms with van der Waals surface area (Å²) in [6, 6.07) is 4.31. The van der Waals surface area contributed by atoms with Gasteiger partial charge in [0.1, 0.15) is 12.4 Å². The lowest BCUT2D eigenvalue weighted by atomic mass is 10.1. The highest BCUT2D eigenvalue weighted by atomic mass is 16.7. The zero-order valence-electron chi connectivity index (χ0n) is 12.5. The van der Waals surface area contributed by atoms with Gasteiger partial charge in [-0.15, -0.1) is 0 Å². The van der Waals surface area contributed by atoms with Crippen LogP contribution in [0.25, 0.3) is 0 Å². The summed E-state index contributed by atoms with van der Waals surface area (Å²) in [5, 5.41) is 3.40. The molecule has 0 radical (unpaired) electrons. The molecule has 1 heterocycles. The molecular weight excluding hydrogens is 254 g/mol. The van der Waals surface area contributed by atoms with E-state index in [9.17, 15) is 0 Å². The second-order valence-corrected chi connectivity index (χ2v) is 5.24. The Morgan fingerprint density at radius 2 is 2.05 bits per heavy atom. The average Bonchev–Trinajstić information content (AvgIpc) is 2.88. The van der Waals surface area contributed by atoms with E-state index in [1.54, 1.807) is 0 Å².